The predicted molar refractivity (Wildman–Crippen MR) is 86.1 cm³/mol. The van der Waals surface area contributed by atoms with Gasteiger partial charge in [-0.2, -0.15) is 0 Å². The summed E-state index contributed by atoms with van der Waals surface area (Å²) in [4.78, 5) is 0. The van der Waals surface area contributed by atoms with Crippen molar-refractivity contribution in [2.45, 2.75) is 64.4 Å². The van der Waals surface area contributed by atoms with Crippen molar-refractivity contribution < 1.29 is 5.11 Å². The Labute approximate surface area is 123 Å². The smallest absolute Gasteiger partial charge is 0.0715 e. The molecular formula is C18H29NO. The van der Waals surface area contributed by atoms with Crippen molar-refractivity contribution in [3.63, 3.8) is 0 Å². The molecule has 0 heterocycles. The molecule has 0 aliphatic heterocycles. The number of aliphatic hydroxyl groups is 1. The number of hydrogen-bond donors (Lipinski definition) is 2. The van der Waals surface area contributed by atoms with E-state index in [0.29, 0.717) is 6.54 Å². The van der Waals surface area contributed by atoms with E-state index in [1.165, 1.54) is 50.5 Å². The summed E-state index contributed by atoms with van der Waals surface area (Å²) in [7, 11) is 0. The lowest BCUT2D eigenvalue weighted by atomic mass is 10.00. The number of aryl methyl sites for hydroxylation is 1. The van der Waals surface area contributed by atoms with Gasteiger partial charge in [-0.1, -0.05) is 51.2 Å². The van der Waals surface area contributed by atoms with Gasteiger partial charge < -0.3 is 10.4 Å². The highest BCUT2D eigenvalue weighted by atomic mass is 16.3. The molecule has 1 aliphatic rings. The van der Waals surface area contributed by atoms with Crippen LogP contribution in [0.25, 0.3) is 0 Å². The molecule has 112 valence electrons. The molecule has 2 heteroatoms. The first-order valence-corrected chi connectivity index (χ1v) is 8.29. The van der Waals surface area contributed by atoms with Crippen LogP contribution < -0.4 is 5.32 Å². The number of benzene rings is 1. The first kappa shape index (κ1) is 15.4. The van der Waals surface area contributed by atoms with Crippen molar-refractivity contribution in [1.29, 1.82) is 0 Å². The summed E-state index contributed by atoms with van der Waals surface area (Å²) in [6.45, 7) is 2.90. The molecule has 0 saturated heterocycles. The molecule has 1 aromatic carbocycles. The van der Waals surface area contributed by atoms with Crippen LogP contribution in [-0.2, 0) is 6.42 Å². The van der Waals surface area contributed by atoms with Gasteiger partial charge in [-0.25, -0.2) is 0 Å². The second-order valence-corrected chi connectivity index (χ2v) is 6.22. The molecule has 0 amide bonds. The van der Waals surface area contributed by atoms with Crippen LogP contribution in [0, 0.1) is 5.92 Å². The maximum atomic E-state index is 10.1. The highest BCUT2D eigenvalue weighted by Crippen LogP contribution is 2.28. The lowest BCUT2D eigenvalue weighted by Gasteiger charge is -2.16. The summed E-state index contributed by atoms with van der Waals surface area (Å²) in [5, 5.41) is 13.4. The van der Waals surface area contributed by atoms with Crippen molar-refractivity contribution >= 4 is 5.69 Å². The molecule has 0 aromatic heterocycles. The molecule has 2 N–H and O–H groups in total. The van der Waals surface area contributed by atoms with Crippen LogP contribution in [0.5, 0.6) is 0 Å². The lowest BCUT2D eigenvalue weighted by Crippen LogP contribution is -2.21. The minimum Gasteiger partial charge on any atom is -0.391 e. The molecule has 1 unspecified atom stereocenters. The molecule has 1 aliphatic carbocycles. The number of nitrogens with one attached hydrogen (secondary N) is 1. The Hall–Kier alpha value is -1.02. The van der Waals surface area contributed by atoms with Crippen LogP contribution in [0.2, 0.25) is 0 Å². The molecule has 1 fully saturated rings. The maximum Gasteiger partial charge on any atom is 0.0715 e. The maximum absolute atomic E-state index is 10.1. The van der Waals surface area contributed by atoms with Crippen molar-refractivity contribution in [3.8, 4) is 0 Å². The molecular weight excluding hydrogens is 246 g/mol. The Bertz CT molecular complexity index is 368. The van der Waals surface area contributed by atoms with Gasteiger partial charge in [-0.3, -0.25) is 0 Å². The summed E-state index contributed by atoms with van der Waals surface area (Å²) in [5.74, 6) is 0.753. The van der Waals surface area contributed by atoms with Gasteiger partial charge in [0, 0.05) is 12.2 Å². The van der Waals surface area contributed by atoms with E-state index in [1.54, 1.807) is 0 Å². The predicted octanol–water partition coefficient (Wildman–Crippen LogP) is 4.38. The van der Waals surface area contributed by atoms with Crippen LogP contribution in [0.1, 0.15) is 57.4 Å². The molecule has 1 atom stereocenters. The average molecular weight is 275 g/mol. The van der Waals surface area contributed by atoms with Gasteiger partial charge in [0.15, 0.2) is 0 Å². The summed E-state index contributed by atoms with van der Waals surface area (Å²) in [6, 6.07) is 8.66. The number of hydrogen-bond acceptors (Lipinski definition) is 2. The minimum absolute atomic E-state index is 0.210. The third-order valence-electron chi connectivity index (χ3n) is 4.39. The van der Waals surface area contributed by atoms with Crippen LogP contribution in [0.3, 0.4) is 0 Å². The molecule has 20 heavy (non-hydrogen) atoms. The fraction of sp³-hybridized carbons (Fsp3) is 0.667. The van der Waals surface area contributed by atoms with Crippen molar-refractivity contribution in [2.24, 2.45) is 5.92 Å². The van der Waals surface area contributed by atoms with Gasteiger partial charge in [0.2, 0.25) is 0 Å². The molecule has 2 nitrogen and oxygen atoms in total. The molecule has 0 radical (unpaired) electrons. The van der Waals surface area contributed by atoms with Crippen LogP contribution in [0.4, 0.5) is 5.69 Å². The van der Waals surface area contributed by atoms with E-state index >= 15 is 0 Å². The highest BCUT2D eigenvalue weighted by molar-refractivity contribution is 5.44. The number of rotatable bonds is 8. The first-order chi connectivity index (χ1) is 9.78. The van der Waals surface area contributed by atoms with Crippen molar-refractivity contribution in [2.75, 3.05) is 11.9 Å². The van der Waals surface area contributed by atoms with E-state index in [1.807, 2.05) is 0 Å². The number of aliphatic hydroxyl groups excluding tert-OH is 1. The summed E-state index contributed by atoms with van der Waals surface area (Å²) < 4.78 is 0. The van der Waals surface area contributed by atoms with E-state index in [2.05, 4.69) is 36.5 Å². The number of unbranched alkanes of at least 4 members (excludes halogenated alkanes) is 1. The Balaban J connectivity index is 1.69. The van der Waals surface area contributed by atoms with E-state index in [9.17, 15) is 5.11 Å². The van der Waals surface area contributed by atoms with E-state index < -0.39 is 0 Å². The van der Waals surface area contributed by atoms with E-state index in [-0.39, 0.29) is 6.10 Å². The Kier molecular flexibility index (Phi) is 6.38. The first-order valence-electron chi connectivity index (χ1n) is 8.29. The number of anilines is 1. The van der Waals surface area contributed by atoms with Gasteiger partial charge in [0.05, 0.1) is 6.10 Å². The Morgan fingerprint density at radius 3 is 2.55 bits per heavy atom. The topological polar surface area (TPSA) is 32.3 Å². The van der Waals surface area contributed by atoms with Crippen molar-refractivity contribution in [3.05, 3.63) is 29.8 Å². The third-order valence-corrected chi connectivity index (χ3v) is 4.39. The molecule has 0 bridgehead atoms. The molecule has 1 saturated carbocycles. The quantitative estimate of drug-likeness (QED) is 0.738. The summed E-state index contributed by atoms with van der Waals surface area (Å²) >= 11 is 0. The average Bonchev–Trinajstić information content (AvgIpc) is 2.97. The zero-order valence-electron chi connectivity index (χ0n) is 12.8. The van der Waals surface area contributed by atoms with Crippen LogP contribution in [0.15, 0.2) is 24.3 Å². The van der Waals surface area contributed by atoms with Crippen LogP contribution in [-0.4, -0.2) is 17.8 Å². The standard InChI is InChI=1S/C18H29NO/c1-2-3-6-15-9-11-17(12-10-15)19-14-18(20)13-16-7-4-5-8-16/h9-12,16,18-20H,2-8,13-14H2,1H3. The molecule has 1 aromatic rings. The zero-order chi connectivity index (χ0) is 14.2. The largest absolute Gasteiger partial charge is 0.391 e. The lowest BCUT2D eigenvalue weighted by molar-refractivity contribution is 0.155. The van der Waals surface area contributed by atoms with Gasteiger partial charge >= 0.3 is 0 Å². The fourth-order valence-corrected chi connectivity index (χ4v) is 3.12. The van der Waals surface area contributed by atoms with Gasteiger partial charge in [-0.15, -0.1) is 0 Å². The summed E-state index contributed by atoms with van der Waals surface area (Å²) in [6.07, 6.45) is 9.74. The third kappa shape index (κ3) is 5.16. The molecule has 2 rings (SSSR count). The second kappa shape index (κ2) is 8.31. The molecule has 0 spiro atoms. The monoisotopic (exact) mass is 275 g/mol. The fourth-order valence-electron chi connectivity index (χ4n) is 3.12. The highest BCUT2D eigenvalue weighted by Gasteiger charge is 2.18. The Morgan fingerprint density at radius 1 is 1.20 bits per heavy atom. The van der Waals surface area contributed by atoms with Gasteiger partial charge in [0.1, 0.15) is 0 Å². The minimum atomic E-state index is -0.210. The SMILES string of the molecule is CCCCc1ccc(NCC(O)CC2CCCC2)cc1. The normalized spacial score (nSPS) is 17.3. The van der Waals surface area contributed by atoms with E-state index in [4.69, 9.17) is 0 Å². The summed E-state index contributed by atoms with van der Waals surface area (Å²) in [5.41, 5.74) is 2.53. The van der Waals surface area contributed by atoms with E-state index in [0.717, 1.165) is 18.0 Å². The second-order valence-electron chi connectivity index (χ2n) is 6.22. The zero-order valence-corrected chi connectivity index (χ0v) is 12.8. The Morgan fingerprint density at radius 2 is 1.90 bits per heavy atom. The van der Waals surface area contributed by atoms with Gasteiger partial charge in [0.25, 0.3) is 0 Å². The van der Waals surface area contributed by atoms with Crippen LogP contribution >= 0.6 is 0 Å². The van der Waals surface area contributed by atoms with Crippen molar-refractivity contribution in [1.82, 2.24) is 0 Å². The van der Waals surface area contributed by atoms with Gasteiger partial charge in [-0.05, 0) is 42.9 Å².